The highest BCUT2D eigenvalue weighted by Crippen LogP contribution is 2.32. The van der Waals surface area contributed by atoms with Gasteiger partial charge in [0.2, 0.25) is 0 Å². The zero-order chi connectivity index (χ0) is 23.7. The minimum Gasteiger partial charge on any atom is -0.360 e. The number of anilines is 2. The second-order valence-corrected chi connectivity index (χ2v) is 9.31. The number of piperidine rings is 1. The fourth-order valence-electron chi connectivity index (χ4n) is 4.74. The van der Waals surface area contributed by atoms with Gasteiger partial charge >= 0.3 is 0 Å². The van der Waals surface area contributed by atoms with E-state index >= 15 is 0 Å². The van der Waals surface area contributed by atoms with Crippen LogP contribution in [-0.4, -0.2) is 65.2 Å². The van der Waals surface area contributed by atoms with Gasteiger partial charge in [0.1, 0.15) is 34.5 Å². The van der Waals surface area contributed by atoms with Gasteiger partial charge in [0.05, 0.1) is 5.02 Å². The molecule has 2 aromatic heterocycles. The number of amides is 1. The average Bonchev–Trinajstić information content (AvgIpc) is 3.25. The SMILES string of the molecule is Cc1nc(N2CCCCC2)cc(N2CCN(C(=O)c3c(-c4ccccc4Cl)noc3C)CC2)n1. The molecular formula is C25H29ClN6O2. The van der Waals surface area contributed by atoms with E-state index < -0.39 is 0 Å². The summed E-state index contributed by atoms with van der Waals surface area (Å²) in [6.45, 7) is 8.39. The molecule has 9 heteroatoms. The van der Waals surface area contributed by atoms with E-state index in [-0.39, 0.29) is 5.91 Å². The molecule has 1 aromatic carbocycles. The standard InChI is InChI=1S/C25H29ClN6O2/c1-17-23(24(29-34-17)19-8-4-5-9-20(19)26)25(33)32-14-12-31(13-15-32)22-16-21(27-18(2)28-22)30-10-6-3-7-11-30/h4-5,8-9,16H,3,6-7,10-15H2,1-2H3. The van der Waals surface area contributed by atoms with Gasteiger partial charge in [0.25, 0.3) is 5.91 Å². The minimum absolute atomic E-state index is 0.0822. The van der Waals surface area contributed by atoms with Crippen molar-refractivity contribution in [2.75, 3.05) is 49.1 Å². The molecule has 0 N–H and O–H groups in total. The van der Waals surface area contributed by atoms with Crippen LogP contribution in [0.15, 0.2) is 34.9 Å². The highest BCUT2D eigenvalue weighted by atomic mass is 35.5. The summed E-state index contributed by atoms with van der Waals surface area (Å²) in [7, 11) is 0. The van der Waals surface area contributed by atoms with E-state index in [9.17, 15) is 4.79 Å². The fraction of sp³-hybridized carbons (Fsp3) is 0.440. The maximum Gasteiger partial charge on any atom is 0.259 e. The van der Waals surface area contributed by atoms with Crippen molar-refractivity contribution in [3.63, 3.8) is 0 Å². The topological polar surface area (TPSA) is 78.6 Å². The number of hydrogen-bond donors (Lipinski definition) is 0. The first-order valence-corrected chi connectivity index (χ1v) is 12.2. The molecule has 34 heavy (non-hydrogen) atoms. The van der Waals surface area contributed by atoms with Crippen LogP contribution in [0.25, 0.3) is 11.3 Å². The molecule has 178 valence electrons. The van der Waals surface area contributed by atoms with Crippen LogP contribution in [0, 0.1) is 13.8 Å². The van der Waals surface area contributed by atoms with Crippen molar-refractivity contribution in [3.8, 4) is 11.3 Å². The summed E-state index contributed by atoms with van der Waals surface area (Å²) >= 11 is 6.37. The smallest absolute Gasteiger partial charge is 0.259 e. The predicted octanol–water partition coefficient (Wildman–Crippen LogP) is 4.35. The zero-order valence-electron chi connectivity index (χ0n) is 19.6. The Labute approximate surface area is 204 Å². The van der Waals surface area contributed by atoms with Crippen LogP contribution in [0.5, 0.6) is 0 Å². The number of rotatable bonds is 4. The maximum absolute atomic E-state index is 13.5. The summed E-state index contributed by atoms with van der Waals surface area (Å²) in [5.74, 6) is 3.13. The van der Waals surface area contributed by atoms with E-state index in [1.165, 1.54) is 19.3 Å². The highest BCUT2D eigenvalue weighted by molar-refractivity contribution is 6.33. The number of aromatic nitrogens is 3. The zero-order valence-corrected chi connectivity index (χ0v) is 20.4. The monoisotopic (exact) mass is 480 g/mol. The molecule has 3 aromatic rings. The lowest BCUT2D eigenvalue weighted by molar-refractivity contribution is 0.0745. The molecule has 0 bridgehead atoms. The Hall–Kier alpha value is -3.13. The van der Waals surface area contributed by atoms with Gasteiger partial charge < -0.3 is 19.2 Å². The van der Waals surface area contributed by atoms with Crippen molar-refractivity contribution >= 4 is 29.1 Å². The number of carbonyl (C=O) groups excluding carboxylic acids is 1. The largest absolute Gasteiger partial charge is 0.360 e. The van der Waals surface area contributed by atoms with Crippen LogP contribution in [0.2, 0.25) is 5.02 Å². The molecule has 8 nitrogen and oxygen atoms in total. The Kier molecular flexibility index (Phi) is 6.41. The number of nitrogens with zero attached hydrogens (tertiary/aromatic N) is 6. The van der Waals surface area contributed by atoms with Crippen LogP contribution in [0.3, 0.4) is 0 Å². The van der Waals surface area contributed by atoms with Crippen molar-refractivity contribution in [1.29, 1.82) is 0 Å². The predicted molar refractivity (Wildman–Crippen MR) is 133 cm³/mol. The summed E-state index contributed by atoms with van der Waals surface area (Å²) < 4.78 is 5.40. The first-order valence-electron chi connectivity index (χ1n) is 11.9. The third kappa shape index (κ3) is 4.46. The van der Waals surface area contributed by atoms with Gasteiger partial charge in [-0.15, -0.1) is 0 Å². The minimum atomic E-state index is -0.0822. The van der Waals surface area contributed by atoms with Gasteiger partial charge in [-0.05, 0) is 39.2 Å². The Balaban J connectivity index is 1.31. The van der Waals surface area contributed by atoms with Crippen LogP contribution in [-0.2, 0) is 0 Å². The van der Waals surface area contributed by atoms with Crippen molar-refractivity contribution in [1.82, 2.24) is 20.0 Å². The van der Waals surface area contributed by atoms with Crippen molar-refractivity contribution in [2.45, 2.75) is 33.1 Å². The Bertz CT molecular complexity index is 1180. The lowest BCUT2D eigenvalue weighted by atomic mass is 10.0. The third-order valence-corrected chi connectivity index (χ3v) is 6.92. The van der Waals surface area contributed by atoms with Gasteiger partial charge in [-0.1, -0.05) is 35.0 Å². The molecule has 0 aliphatic carbocycles. The normalized spacial score (nSPS) is 16.7. The Morgan fingerprint density at radius 1 is 0.912 bits per heavy atom. The van der Waals surface area contributed by atoms with E-state index in [2.05, 4.69) is 26.0 Å². The second kappa shape index (κ2) is 9.62. The molecule has 0 unspecified atom stereocenters. The number of halogens is 1. The van der Waals surface area contributed by atoms with E-state index in [4.69, 9.17) is 21.1 Å². The molecular weight excluding hydrogens is 452 g/mol. The summed E-state index contributed by atoms with van der Waals surface area (Å²) in [6, 6.07) is 9.46. The lowest BCUT2D eigenvalue weighted by Crippen LogP contribution is -2.49. The van der Waals surface area contributed by atoms with E-state index in [0.29, 0.717) is 53.8 Å². The fourth-order valence-corrected chi connectivity index (χ4v) is 4.97. The molecule has 1 amide bonds. The van der Waals surface area contributed by atoms with E-state index in [1.54, 1.807) is 13.0 Å². The van der Waals surface area contributed by atoms with Gasteiger partial charge in [-0.25, -0.2) is 9.97 Å². The van der Waals surface area contributed by atoms with E-state index in [1.807, 2.05) is 30.0 Å². The molecule has 0 saturated carbocycles. The number of hydrogen-bond acceptors (Lipinski definition) is 7. The van der Waals surface area contributed by atoms with Crippen molar-refractivity contribution < 1.29 is 9.32 Å². The molecule has 0 radical (unpaired) electrons. The van der Waals surface area contributed by atoms with Crippen LogP contribution >= 0.6 is 11.6 Å². The van der Waals surface area contributed by atoms with Gasteiger partial charge in [-0.2, -0.15) is 0 Å². The number of piperazine rings is 1. The molecule has 0 spiro atoms. The number of aryl methyl sites for hydroxylation is 2. The molecule has 2 aliphatic rings. The molecule has 0 atom stereocenters. The molecule has 2 fully saturated rings. The summed E-state index contributed by atoms with van der Waals surface area (Å²) in [4.78, 5) is 29.3. The van der Waals surface area contributed by atoms with Crippen LogP contribution < -0.4 is 9.80 Å². The highest BCUT2D eigenvalue weighted by Gasteiger charge is 2.30. The maximum atomic E-state index is 13.5. The van der Waals surface area contributed by atoms with Crippen molar-refractivity contribution in [3.05, 3.63) is 52.5 Å². The van der Waals surface area contributed by atoms with Gasteiger partial charge in [-0.3, -0.25) is 4.79 Å². The van der Waals surface area contributed by atoms with Gasteiger partial charge in [0, 0.05) is 50.9 Å². The van der Waals surface area contributed by atoms with Crippen LogP contribution in [0.4, 0.5) is 11.6 Å². The summed E-state index contributed by atoms with van der Waals surface area (Å²) in [5, 5.41) is 4.69. The second-order valence-electron chi connectivity index (χ2n) is 8.90. The number of benzene rings is 1. The summed E-state index contributed by atoms with van der Waals surface area (Å²) in [5.41, 5.74) is 1.67. The van der Waals surface area contributed by atoms with Gasteiger partial charge in [0.15, 0.2) is 0 Å². The van der Waals surface area contributed by atoms with Crippen molar-refractivity contribution in [2.24, 2.45) is 0 Å². The number of carbonyl (C=O) groups is 1. The molecule has 5 rings (SSSR count). The Morgan fingerprint density at radius 3 is 2.24 bits per heavy atom. The molecule has 2 aliphatic heterocycles. The van der Waals surface area contributed by atoms with Crippen LogP contribution in [0.1, 0.15) is 41.2 Å². The average molecular weight is 481 g/mol. The first-order chi connectivity index (χ1) is 16.5. The van der Waals surface area contributed by atoms with E-state index in [0.717, 1.165) is 30.5 Å². The molecule has 2 saturated heterocycles. The summed E-state index contributed by atoms with van der Waals surface area (Å²) in [6.07, 6.45) is 3.70. The Morgan fingerprint density at radius 2 is 1.56 bits per heavy atom. The first kappa shape index (κ1) is 22.7. The third-order valence-electron chi connectivity index (χ3n) is 6.59. The lowest BCUT2D eigenvalue weighted by Gasteiger charge is -2.36. The quantitative estimate of drug-likeness (QED) is 0.549. The molecule has 4 heterocycles.